The number of hydrogen-bond acceptors (Lipinski definition) is 4. The molecule has 1 fully saturated rings. The minimum atomic E-state index is -0.238. The van der Waals surface area contributed by atoms with Crippen molar-refractivity contribution >= 4 is 23.3 Å². The van der Waals surface area contributed by atoms with Crippen molar-refractivity contribution in [1.29, 1.82) is 0 Å². The number of nitrogens with one attached hydrogen (secondary N) is 1. The molecule has 1 saturated heterocycles. The quantitative estimate of drug-likeness (QED) is 0.842. The number of amides is 1. The fourth-order valence-corrected chi connectivity index (χ4v) is 2.27. The maximum atomic E-state index is 11.8. The smallest absolute Gasteiger partial charge is 0.242 e. The molecule has 2 heterocycles. The van der Waals surface area contributed by atoms with Crippen LogP contribution in [-0.2, 0) is 4.79 Å². The van der Waals surface area contributed by atoms with E-state index >= 15 is 0 Å². The van der Waals surface area contributed by atoms with Crippen LogP contribution in [0, 0.1) is 6.92 Å². The van der Waals surface area contributed by atoms with E-state index in [4.69, 9.17) is 11.6 Å². The van der Waals surface area contributed by atoms with Crippen molar-refractivity contribution in [3.05, 3.63) is 16.5 Å². The summed E-state index contributed by atoms with van der Waals surface area (Å²) in [4.78, 5) is 22.6. The lowest BCUT2D eigenvalue weighted by Gasteiger charge is -2.35. The number of hydrogen-bond donors (Lipinski definition) is 1. The van der Waals surface area contributed by atoms with Gasteiger partial charge in [-0.25, -0.2) is 9.97 Å². The lowest BCUT2D eigenvalue weighted by Crippen LogP contribution is -2.54. The van der Waals surface area contributed by atoms with Gasteiger partial charge in [-0.2, -0.15) is 0 Å². The molecule has 5 nitrogen and oxygen atoms in total. The first-order valence-electron chi connectivity index (χ1n) is 6.50. The van der Waals surface area contributed by atoms with Gasteiger partial charge in [0.15, 0.2) is 0 Å². The minimum absolute atomic E-state index is 0.0199. The molecule has 1 unspecified atom stereocenters. The van der Waals surface area contributed by atoms with Crippen molar-refractivity contribution in [2.75, 3.05) is 18.0 Å². The second-order valence-electron chi connectivity index (χ2n) is 5.14. The summed E-state index contributed by atoms with van der Waals surface area (Å²) in [5, 5.41) is 3.31. The summed E-state index contributed by atoms with van der Waals surface area (Å²) >= 11 is 6.19. The largest absolute Gasteiger partial charge is 0.353 e. The summed E-state index contributed by atoms with van der Waals surface area (Å²) in [5.74, 6) is 1.70. The van der Waals surface area contributed by atoms with E-state index in [1.807, 2.05) is 32.6 Å². The van der Waals surface area contributed by atoms with Crippen molar-refractivity contribution < 1.29 is 4.79 Å². The van der Waals surface area contributed by atoms with E-state index < -0.39 is 0 Å². The Bertz CT molecular complexity index is 504. The van der Waals surface area contributed by atoms with Gasteiger partial charge >= 0.3 is 0 Å². The molecule has 0 saturated carbocycles. The number of nitrogens with zero attached hydrogens (tertiary/aromatic N) is 3. The summed E-state index contributed by atoms with van der Waals surface area (Å²) < 4.78 is 0. The van der Waals surface area contributed by atoms with Gasteiger partial charge in [-0.1, -0.05) is 25.4 Å². The van der Waals surface area contributed by atoms with Crippen LogP contribution in [0.25, 0.3) is 0 Å². The molecule has 0 bridgehead atoms. The van der Waals surface area contributed by atoms with Crippen LogP contribution in [0.15, 0.2) is 0 Å². The zero-order valence-corrected chi connectivity index (χ0v) is 12.5. The first-order chi connectivity index (χ1) is 8.91. The molecule has 1 N–H and O–H groups in total. The Balaban J connectivity index is 2.45. The lowest BCUT2D eigenvalue weighted by molar-refractivity contribution is -0.122. The Morgan fingerprint density at radius 1 is 1.42 bits per heavy atom. The summed E-state index contributed by atoms with van der Waals surface area (Å²) in [6, 6.07) is -0.238. The average molecular weight is 283 g/mol. The molecule has 1 amide bonds. The fraction of sp³-hybridized carbons (Fsp3) is 0.615. The Morgan fingerprint density at radius 2 is 2.11 bits per heavy atom. The van der Waals surface area contributed by atoms with Gasteiger partial charge in [-0.3, -0.25) is 4.79 Å². The zero-order valence-electron chi connectivity index (χ0n) is 11.7. The molecular formula is C13H19ClN4O. The zero-order chi connectivity index (χ0) is 14.2. The highest BCUT2D eigenvalue weighted by molar-refractivity contribution is 6.30. The first-order valence-corrected chi connectivity index (χ1v) is 6.88. The van der Waals surface area contributed by atoms with Gasteiger partial charge in [-0.15, -0.1) is 0 Å². The third kappa shape index (κ3) is 2.66. The van der Waals surface area contributed by atoms with Crippen LogP contribution in [0.2, 0.25) is 5.15 Å². The number of carbonyl (C=O) groups is 1. The van der Waals surface area contributed by atoms with E-state index in [1.54, 1.807) is 0 Å². The molecular weight excluding hydrogens is 264 g/mol. The van der Waals surface area contributed by atoms with Crippen LogP contribution >= 0.6 is 11.6 Å². The molecule has 2 rings (SSSR count). The second-order valence-corrected chi connectivity index (χ2v) is 5.49. The number of piperazine rings is 1. The SMILES string of the molecule is Cc1c(Cl)nc(C(C)C)nc1N1CCNC(=O)C1C. The van der Waals surface area contributed by atoms with E-state index in [1.165, 1.54) is 0 Å². The van der Waals surface area contributed by atoms with Crippen LogP contribution in [0.1, 0.15) is 38.1 Å². The molecule has 0 aromatic carbocycles. The maximum absolute atomic E-state index is 11.8. The van der Waals surface area contributed by atoms with Crippen LogP contribution in [0.3, 0.4) is 0 Å². The number of aromatic nitrogens is 2. The highest BCUT2D eigenvalue weighted by Gasteiger charge is 2.28. The van der Waals surface area contributed by atoms with Crippen molar-refractivity contribution in [2.45, 2.75) is 39.7 Å². The Hall–Kier alpha value is -1.36. The van der Waals surface area contributed by atoms with Gasteiger partial charge in [0.25, 0.3) is 0 Å². The van der Waals surface area contributed by atoms with Gasteiger partial charge in [0, 0.05) is 24.6 Å². The van der Waals surface area contributed by atoms with Gasteiger partial charge < -0.3 is 10.2 Å². The average Bonchev–Trinajstić information content (AvgIpc) is 2.36. The summed E-state index contributed by atoms with van der Waals surface area (Å²) in [6.07, 6.45) is 0. The van der Waals surface area contributed by atoms with Crippen LogP contribution in [-0.4, -0.2) is 35.0 Å². The molecule has 1 aromatic heterocycles. The van der Waals surface area contributed by atoms with Crippen molar-refractivity contribution in [1.82, 2.24) is 15.3 Å². The normalized spacial score (nSPS) is 19.8. The van der Waals surface area contributed by atoms with E-state index in [9.17, 15) is 4.79 Å². The topological polar surface area (TPSA) is 58.1 Å². The van der Waals surface area contributed by atoms with Crippen LogP contribution in [0.4, 0.5) is 5.82 Å². The molecule has 104 valence electrons. The standard InChI is InChI=1S/C13H19ClN4O/c1-7(2)11-16-10(14)8(3)12(17-11)18-6-5-15-13(19)9(18)4/h7,9H,5-6H2,1-4H3,(H,15,19). The Labute approximate surface area is 118 Å². The van der Waals surface area contributed by atoms with Gasteiger partial charge in [0.2, 0.25) is 5.91 Å². The predicted octanol–water partition coefficient (Wildman–Crippen LogP) is 1.89. The fourth-order valence-electron chi connectivity index (χ4n) is 2.10. The minimum Gasteiger partial charge on any atom is -0.353 e. The molecule has 1 atom stereocenters. The molecule has 0 spiro atoms. The van der Waals surface area contributed by atoms with Crippen LogP contribution in [0.5, 0.6) is 0 Å². The number of rotatable bonds is 2. The number of carbonyl (C=O) groups excluding carboxylic acids is 1. The monoisotopic (exact) mass is 282 g/mol. The highest BCUT2D eigenvalue weighted by Crippen LogP contribution is 2.27. The van der Waals surface area contributed by atoms with E-state index in [-0.39, 0.29) is 17.9 Å². The molecule has 1 aliphatic heterocycles. The van der Waals surface area contributed by atoms with E-state index in [2.05, 4.69) is 15.3 Å². The number of halogens is 1. The second kappa shape index (κ2) is 5.33. The van der Waals surface area contributed by atoms with Crippen LogP contribution < -0.4 is 10.2 Å². The molecule has 0 radical (unpaired) electrons. The molecule has 1 aromatic rings. The molecule has 6 heteroatoms. The maximum Gasteiger partial charge on any atom is 0.242 e. The van der Waals surface area contributed by atoms with Gasteiger partial charge in [-0.05, 0) is 13.8 Å². The predicted molar refractivity (Wildman–Crippen MR) is 75.7 cm³/mol. The Morgan fingerprint density at radius 3 is 2.74 bits per heavy atom. The molecule has 1 aliphatic rings. The first kappa shape index (κ1) is 14.1. The number of anilines is 1. The summed E-state index contributed by atoms with van der Waals surface area (Å²) in [5.41, 5.74) is 0.826. The van der Waals surface area contributed by atoms with Crippen molar-refractivity contribution in [3.63, 3.8) is 0 Å². The molecule has 19 heavy (non-hydrogen) atoms. The van der Waals surface area contributed by atoms with Gasteiger partial charge in [0.1, 0.15) is 22.8 Å². The Kier molecular flexibility index (Phi) is 3.94. The molecule has 0 aliphatic carbocycles. The summed E-state index contributed by atoms with van der Waals surface area (Å²) in [7, 11) is 0. The van der Waals surface area contributed by atoms with Crippen molar-refractivity contribution in [3.8, 4) is 0 Å². The lowest BCUT2D eigenvalue weighted by atomic mass is 10.1. The third-order valence-corrected chi connectivity index (χ3v) is 3.73. The third-order valence-electron chi connectivity index (χ3n) is 3.37. The van der Waals surface area contributed by atoms with E-state index in [0.717, 1.165) is 17.9 Å². The van der Waals surface area contributed by atoms with Crippen molar-refractivity contribution in [2.24, 2.45) is 0 Å². The van der Waals surface area contributed by atoms with E-state index in [0.29, 0.717) is 17.5 Å². The highest BCUT2D eigenvalue weighted by atomic mass is 35.5. The summed E-state index contributed by atoms with van der Waals surface area (Å²) in [6.45, 7) is 9.17. The van der Waals surface area contributed by atoms with Gasteiger partial charge in [0.05, 0.1) is 0 Å².